The second-order valence-electron chi connectivity index (χ2n) is 8.20. The van der Waals surface area contributed by atoms with E-state index >= 15 is 0 Å². The Hall–Kier alpha value is -2.01. The van der Waals surface area contributed by atoms with Crippen LogP contribution < -0.4 is 4.31 Å². The first kappa shape index (κ1) is 26.6. The molecular weight excluding hydrogens is 511 g/mol. The molecular formula is C22H21ClF7NO2S. The van der Waals surface area contributed by atoms with Gasteiger partial charge >= 0.3 is 12.4 Å². The predicted octanol–water partition coefficient (Wildman–Crippen LogP) is 7.16. The van der Waals surface area contributed by atoms with Gasteiger partial charge in [-0.2, -0.15) is 26.3 Å². The molecule has 2 unspecified atom stereocenters. The normalized spacial score (nSPS) is 21.9. The van der Waals surface area contributed by atoms with Gasteiger partial charge < -0.3 is 0 Å². The van der Waals surface area contributed by atoms with Gasteiger partial charge in [-0.15, -0.1) is 11.6 Å². The summed E-state index contributed by atoms with van der Waals surface area (Å²) >= 11 is 6.42. The van der Waals surface area contributed by atoms with Crippen LogP contribution >= 0.6 is 11.6 Å². The fourth-order valence-electron chi connectivity index (χ4n) is 4.18. The van der Waals surface area contributed by atoms with E-state index in [0.29, 0.717) is 25.0 Å². The molecule has 34 heavy (non-hydrogen) atoms. The van der Waals surface area contributed by atoms with Crippen molar-refractivity contribution in [2.45, 2.75) is 54.2 Å². The number of anilines is 1. The van der Waals surface area contributed by atoms with Gasteiger partial charge in [-0.05, 0) is 67.8 Å². The summed E-state index contributed by atoms with van der Waals surface area (Å²) in [6.45, 7) is -0.481. The van der Waals surface area contributed by atoms with Gasteiger partial charge in [0.1, 0.15) is 5.82 Å². The van der Waals surface area contributed by atoms with Crippen molar-refractivity contribution in [1.82, 2.24) is 0 Å². The quantitative estimate of drug-likeness (QED) is 0.293. The van der Waals surface area contributed by atoms with E-state index in [1.165, 1.54) is 0 Å². The van der Waals surface area contributed by atoms with Crippen LogP contribution in [0.2, 0.25) is 0 Å². The molecule has 0 N–H and O–H groups in total. The third kappa shape index (κ3) is 5.79. The highest BCUT2D eigenvalue weighted by Crippen LogP contribution is 2.49. The molecule has 0 heterocycles. The van der Waals surface area contributed by atoms with E-state index in [9.17, 15) is 39.2 Å². The first-order valence-corrected chi connectivity index (χ1v) is 12.2. The molecule has 1 fully saturated rings. The van der Waals surface area contributed by atoms with Crippen LogP contribution in [-0.4, -0.2) is 26.0 Å². The van der Waals surface area contributed by atoms with Crippen molar-refractivity contribution in [3.63, 3.8) is 0 Å². The molecule has 3 nitrogen and oxygen atoms in total. The Morgan fingerprint density at radius 1 is 0.941 bits per heavy atom. The predicted molar refractivity (Wildman–Crippen MR) is 114 cm³/mol. The van der Waals surface area contributed by atoms with Crippen molar-refractivity contribution < 1.29 is 39.2 Å². The Bertz CT molecular complexity index is 1090. The highest BCUT2D eigenvalue weighted by Gasteiger charge is 2.53. The molecule has 0 radical (unpaired) electrons. The van der Waals surface area contributed by atoms with Gasteiger partial charge in [-0.25, -0.2) is 12.8 Å². The second-order valence-corrected chi connectivity index (χ2v) is 10.8. The maximum atomic E-state index is 13.6. The van der Waals surface area contributed by atoms with Crippen molar-refractivity contribution in [3.05, 3.63) is 59.9 Å². The number of alkyl halides is 7. The fourth-order valence-corrected chi connectivity index (χ4v) is 6.10. The van der Waals surface area contributed by atoms with Crippen LogP contribution in [0.5, 0.6) is 0 Å². The summed E-state index contributed by atoms with van der Waals surface area (Å²) in [6.07, 6.45) is -9.00. The van der Waals surface area contributed by atoms with Crippen molar-refractivity contribution in [2.75, 3.05) is 10.8 Å². The van der Waals surface area contributed by atoms with E-state index in [1.807, 2.05) is 0 Å². The number of halogens is 8. The average molecular weight is 532 g/mol. The summed E-state index contributed by atoms with van der Waals surface area (Å²) in [4.78, 5) is -2.24. The lowest BCUT2D eigenvalue weighted by Gasteiger charge is -2.41. The molecule has 0 aliphatic heterocycles. The lowest BCUT2D eigenvalue weighted by Crippen LogP contribution is -2.46. The highest BCUT2D eigenvalue weighted by atomic mass is 35.5. The van der Waals surface area contributed by atoms with Crippen LogP contribution in [0.15, 0.2) is 53.4 Å². The molecule has 0 bridgehead atoms. The lowest BCUT2D eigenvalue weighted by molar-refractivity contribution is -0.191. The third-order valence-electron chi connectivity index (χ3n) is 5.97. The van der Waals surface area contributed by atoms with Crippen LogP contribution in [0.4, 0.5) is 36.4 Å². The summed E-state index contributed by atoms with van der Waals surface area (Å²) in [5.41, 5.74) is -1.12. The first-order chi connectivity index (χ1) is 15.6. The Morgan fingerprint density at radius 3 is 2.06 bits per heavy atom. The monoisotopic (exact) mass is 531 g/mol. The Balaban J connectivity index is 1.97. The Morgan fingerprint density at radius 2 is 1.53 bits per heavy atom. The summed E-state index contributed by atoms with van der Waals surface area (Å²) in [5, 5.41) is 0. The fraction of sp³-hybridized carbons (Fsp3) is 0.455. The van der Waals surface area contributed by atoms with Gasteiger partial charge in [-0.1, -0.05) is 12.8 Å². The molecule has 2 aromatic carbocycles. The van der Waals surface area contributed by atoms with Crippen LogP contribution in [-0.2, 0) is 16.2 Å². The SMILES string of the molecule is O=S(=O)(c1ccc(C(F)(F)F)cc1)N(CCC1(Cl)CCCCC1C(F)(F)F)c1ccc(F)cc1. The molecule has 188 valence electrons. The zero-order chi connectivity index (χ0) is 25.4. The van der Waals surface area contributed by atoms with Gasteiger partial charge in [0, 0.05) is 6.54 Å². The molecule has 0 spiro atoms. The molecule has 0 aromatic heterocycles. The van der Waals surface area contributed by atoms with Crippen molar-refractivity contribution in [1.29, 1.82) is 0 Å². The molecule has 0 amide bonds. The minimum Gasteiger partial charge on any atom is -0.266 e. The van der Waals surface area contributed by atoms with Gasteiger partial charge in [-0.3, -0.25) is 4.31 Å². The zero-order valence-electron chi connectivity index (χ0n) is 17.6. The molecule has 2 aromatic rings. The average Bonchev–Trinajstić information content (AvgIpc) is 2.74. The van der Waals surface area contributed by atoms with E-state index < -0.39 is 56.0 Å². The Labute approximate surface area is 197 Å². The maximum absolute atomic E-state index is 13.6. The lowest BCUT2D eigenvalue weighted by atomic mass is 9.76. The van der Waals surface area contributed by atoms with Crippen LogP contribution in [0, 0.1) is 11.7 Å². The van der Waals surface area contributed by atoms with Crippen LogP contribution in [0.3, 0.4) is 0 Å². The zero-order valence-corrected chi connectivity index (χ0v) is 19.2. The molecule has 0 saturated heterocycles. The smallest absolute Gasteiger partial charge is 0.266 e. The minimum atomic E-state index is -4.68. The topological polar surface area (TPSA) is 37.4 Å². The second kappa shape index (κ2) is 9.56. The summed E-state index contributed by atoms with van der Waals surface area (Å²) in [6, 6.07) is 6.92. The van der Waals surface area contributed by atoms with E-state index in [4.69, 9.17) is 11.6 Å². The summed E-state index contributed by atoms with van der Waals surface area (Å²) < 4.78 is 120. The van der Waals surface area contributed by atoms with Gasteiger partial charge in [0.2, 0.25) is 0 Å². The van der Waals surface area contributed by atoms with E-state index in [0.717, 1.165) is 40.7 Å². The van der Waals surface area contributed by atoms with E-state index in [2.05, 4.69) is 0 Å². The van der Waals surface area contributed by atoms with Crippen molar-refractivity contribution in [2.24, 2.45) is 5.92 Å². The largest absolute Gasteiger partial charge is 0.416 e. The number of nitrogens with zero attached hydrogens (tertiary/aromatic N) is 1. The van der Waals surface area contributed by atoms with Crippen LogP contribution in [0.1, 0.15) is 37.7 Å². The number of hydrogen-bond acceptors (Lipinski definition) is 2. The number of benzene rings is 2. The standard InChI is InChI=1S/C22H21ClF7NO2S/c23-20(12-2-1-3-19(20)22(28,29)30)13-14-31(17-8-6-16(24)7-9-17)34(32,33)18-10-4-15(5-11-18)21(25,26)27/h4-11,19H,1-3,12-14H2. The molecule has 3 rings (SSSR count). The van der Waals surface area contributed by atoms with E-state index in [-0.39, 0.29) is 24.9 Å². The molecule has 1 saturated carbocycles. The van der Waals surface area contributed by atoms with Gasteiger partial charge in [0.05, 0.1) is 26.9 Å². The van der Waals surface area contributed by atoms with Gasteiger partial charge in [0.15, 0.2) is 0 Å². The Kier molecular flexibility index (Phi) is 7.48. The molecule has 1 aliphatic carbocycles. The number of hydrogen-bond donors (Lipinski definition) is 0. The maximum Gasteiger partial charge on any atom is 0.416 e. The van der Waals surface area contributed by atoms with Crippen molar-refractivity contribution >= 4 is 27.3 Å². The number of sulfonamides is 1. The van der Waals surface area contributed by atoms with E-state index in [1.54, 1.807) is 0 Å². The highest BCUT2D eigenvalue weighted by molar-refractivity contribution is 7.92. The molecule has 2 atom stereocenters. The van der Waals surface area contributed by atoms with Crippen LogP contribution in [0.25, 0.3) is 0 Å². The number of rotatable bonds is 6. The van der Waals surface area contributed by atoms with Gasteiger partial charge in [0.25, 0.3) is 10.0 Å². The molecule has 1 aliphatic rings. The summed E-state index contributed by atoms with van der Waals surface area (Å²) in [7, 11) is -4.51. The first-order valence-electron chi connectivity index (χ1n) is 10.4. The summed E-state index contributed by atoms with van der Waals surface area (Å²) in [5.74, 6) is -2.51. The minimum absolute atomic E-state index is 0.0241. The van der Waals surface area contributed by atoms with Crippen molar-refractivity contribution in [3.8, 4) is 0 Å². The third-order valence-corrected chi connectivity index (χ3v) is 8.45. The molecule has 12 heteroatoms.